The summed E-state index contributed by atoms with van der Waals surface area (Å²) >= 11 is 0. The number of anilines is 1. The van der Waals surface area contributed by atoms with Gasteiger partial charge < -0.3 is 4.90 Å². The molecule has 0 amide bonds. The van der Waals surface area contributed by atoms with Crippen LogP contribution in [0.1, 0.15) is 37.6 Å². The van der Waals surface area contributed by atoms with E-state index >= 15 is 0 Å². The molecule has 1 fully saturated rings. The molecule has 1 aromatic carbocycles. The van der Waals surface area contributed by atoms with Crippen molar-refractivity contribution in [1.82, 2.24) is 23.9 Å². The Morgan fingerprint density at radius 1 is 1.00 bits per heavy atom. The lowest BCUT2D eigenvalue weighted by atomic mass is 9.92. The van der Waals surface area contributed by atoms with Crippen LogP contribution in [-0.4, -0.2) is 58.5 Å². The number of benzene rings is 1. The van der Waals surface area contributed by atoms with Crippen molar-refractivity contribution >= 4 is 21.7 Å². The zero-order chi connectivity index (χ0) is 21.7. The fourth-order valence-corrected chi connectivity index (χ4v) is 5.47. The van der Waals surface area contributed by atoms with Crippen LogP contribution in [0.15, 0.2) is 35.4 Å². The molecule has 8 nitrogen and oxygen atoms in total. The van der Waals surface area contributed by atoms with Gasteiger partial charge in [0, 0.05) is 37.8 Å². The monoisotopic (exact) mass is 428 g/mol. The van der Waals surface area contributed by atoms with E-state index in [0.29, 0.717) is 42.8 Å². The normalized spacial score (nSPS) is 16.4. The lowest BCUT2D eigenvalue weighted by Gasteiger charge is -2.33. The average Bonchev–Trinajstić information content (AvgIpc) is 3.13. The highest BCUT2D eigenvalue weighted by Gasteiger charge is 2.31. The largest absolute Gasteiger partial charge is 0.337 e. The molecule has 0 spiro atoms. The van der Waals surface area contributed by atoms with Crippen LogP contribution in [-0.2, 0) is 15.4 Å². The molecule has 9 heteroatoms. The Morgan fingerprint density at radius 3 is 2.37 bits per heavy atom. The summed E-state index contributed by atoms with van der Waals surface area (Å²) in [5.41, 5.74) is 2.65. The van der Waals surface area contributed by atoms with E-state index in [-0.39, 0.29) is 5.41 Å². The number of piperazine rings is 1. The summed E-state index contributed by atoms with van der Waals surface area (Å²) in [6, 6.07) is 7.50. The van der Waals surface area contributed by atoms with Crippen LogP contribution in [0.3, 0.4) is 0 Å². The van der Waals surface area contributed by atoms with Crippen LogP contribution in [0.25, 0.3) is 5.78 Å². The minimum absolute atomic E-state index is 0.0926. The summed E-state index contributed by atoms with van der Waals surface area (Å²) in [4.78, 5) is 11.3. The standard InChI is InChI=1S/C21H28N6O2S/c1-15-6-7-16(2)17(14-15)30(28,29)26-12-10-25(11-13-26)20-23-19-22-9-8-18(21(3,4)5)27(19)24-20/h6-9,14H,10-13H2,1-5H3. The van der Waals surface area contributed by atoms with Crippen LogP contribution in [0.2, 0.25) is 0 Å². The number of fused-ring (bicyclic) bond motifs is 1. The highest BCUT2D eigenvalue weighted by atomic mass is 32.2. The third kappa shape index (κ3) is 3.67. The molecule has 0 bridgehead atoms. The van der Waals surface area contributed by atoms with Crippen LogP contribution < -0.4 is 4.90 Å². The fourth-order valence-electron chi connectivity index (χ4n) is 3.74. The van der Waals surface area contributed by atoms with Gasteiger partial charge in [-0.2, -0.15) is 13.8 Å². The van der Waals surface area contributed by atoms with E-state index in [1.807, 2.05) is 36.9 Å². The van der Waals surface area contributed by atoms with Crippen molar-refractivity contribution in [2.45, 2.75) is 44.9 Å². The predicted molar refractivity (Wildman–Crippen MR) is 116 cm³/mol. The Bertz CT molecular complexity index is 1190. The Kier molecular flexibility index (Phi) is 5.06. The molecule has 0 saturated carbocycles. The number of aryl methyl sites for hydroxylation is 2. The first-order chi connectivity index (χ1) is 14.1. The first-order valence-corrected chi connectivity index (χ1v) is 11.6. The molecule has 4 rings (SSSR count). The summed E-state index contributed by atoms with van der Waals surface area (Å²) in [5, 5.41) is 4.67. The van der Waals surface area contributed by atoms with Gasteiger partial charge in [0.05, 0.1) is 10.6 Å². The average molecular weight is 429 g/mol. The predicted octanol–water partition coefficient (Wildman–Crippen LogP) is 2.55. The van der Waals surface area contributed by atoms with E-state index < -0.39 is 10.0 Å². The molecule has 1 aliphatic heterocycles. The highest BCUT2D eigenvalue weighted by Crippen LogP contribution is 2.25. The van der Waals surface area contributed by atoms with Gasteiger partial charge in [-0.05, 0) is 37.1 Å². The van der Waals surface area contributed by atoms with Gasteiger partial charge in [-0.15, -0.1) is 5.10 Å². The van der Waals surface area contributed by atoms with Gasteiger partial charge in [0.1, 0.15) is 0 Å². The Hall–Kier alpha value is -2.52. The molecule has 3 heterocycles. The molecule has 0 N–H and O–H groups in total. The highest BCUT2D eigenvalue weighted by molar-refractivity contribution is 7.89. The van der Waals surface area contributed by atoms with Gasteiger partial charge in [0.15, 0.2) is 0 Å². The second-order valence-corrected chi connectivity index (χ2v) is 10.8. The fraction of sp³-hybridized carbons (Fsp3) is 0.476. The van der Waals surface area contributed by atoms with Gasteiger partial charge in [0.2, 0.25) is 16.0 Å². The molecule has 2 aromatic heterocycles. The van der Waals surface area contributed by atoms with Crippen molar-refractivity contribution in [2.24, 2.45) is 0 Å². The molecule has 0 aliphatic carbocycles. The van der Waals surface area contributed by atoms with Crippen molar-refractivity contribution in [2.75, 3.05) is 31.1 Å². The minimum atomic E-state index is -3.52. The van der Waals surface area contributed by atoms with E-state index in [9.17, 15) is 8.42 Å². The number of nitrogens with zero attached hydrogens (tertiary/aromatic N) is 6. The summed E-state index contributed by atoms with van der Waals surface area (Å²) in [5.74, 6) is 1.14. The summed E-state index contributed by atoms with van der Waals surface area (Å²) < 4.78 is 29.7. The zero-order valence-corrected chi connectivity index (χ0v) is 18.9. The lowest BCUT2D eigenvalue weighted by molar-refractivity contribution is 0.382. The van der Waals surface area contributed by atoms with Crippen molar-refractivity contribution in [3.05, 3.63) is 47.3 Å². The third-order valence-electron chi connectivity index (χ3n) is 5.48. The van der Waals surface area contributed by atoms with E-state index in [4.69, 9.17) is 0 Å². The number of hydrogen-bond acceptors (Lipinski definition) is 6. The van der Waals surface area contributed by atoms with E-state index in [1.165, 1.54) is 0 Å². The molecule has 160 valence electrons. The van der Waals surface area contributed by atoms with Gasteiger partial charge in [0.25, 0.3) is 5.78 Å². The van der Waals surface area contributed by atoms with Crippen molar-refractivity contribution in [1.29, 1.82) is 0 Å². The van der Waals surface area contributed by atoms with Gasteiger partial charge in [-0.3, -0.25) is 0 Å². The second kappa shape index (κ2) is 7.31. The maximum Gasteiger partial charge on any atom is 0.254 e. The maximum atomic E-state index is 13.2. The van der Waals surface area contributed by atoms with Gasteiger partial charge >= 0.3 is 0 Å². The van der Waals surface area contributed by atoms with Crippen LogP contribution >= 0.6 is 0 Å². The summed E-state index contributed by atoms with van der Waals surface area (Å²) in [6.07, 6.45) is 1.75. The smallest absolute Gasteiger partial charge is 0.254 e. The molecule has 1 aliphatic rings. The van der Waals surface area contributed by atoms with Crippen molar-refractivity contribution in [3.8, 4) is 0 Å². The quantitative estimate of drug-likeness (QED) is 0.638. The first kappa shape index (κ1) is 20.7. The first-order valence-electron chi connectivity index (χ1n) is 10.1. The molecular weight excluding hydrogens is 400 g/mol. The summed E-state index contributed by atoms with van der Waals surface area (Å²) in [6.45, 7) is 12.0. The lowest BCUT2D eigenvalue weighted by Crippen LogP contribution is -2.49. The molecule has 30 heavy (non-hydrogen) atoms. The molecular formula is C21H28N6O2S. The molecule has 3 aromatic rings. The number of aromatic nitrogens is 4. The van der Waals surface area contributed by atoms with Gasteiger partial charge in [-0.25, -0.2) is 13.4 Å². The van der Waals surface area contributed by atoms with Crippen LogP contribution in [0, 0.1) is 13.8 Å². The van der Waals surface area contributed by atoms with E-state index in [0.717, 1.165) is 16.8 Å². The Balaban J connectivity index is 1.56. The molecule has 0 unspecified atom stereocenters. The zero-order valence-electron chi connectivity index (χ0n) is 18.1. The van der Waals surface area contributed by atoms with Gasteiger partial charge in [-0.1, -0.05) is 32.9 Å². The molecule has 1 saturated heterocycles. The minimum Gasteiger partial charge on any atom is -0.337 e. The van der Waals surface area contributed by atoms with Crippen LogP contribution in [0.5, 0.6) is 0 Å². The maximum absolute atomic E-state index is 13.2. The van der Waals surface area contributed by atoms with E-state index in [2.05, 4.69) is 35.8 Å². The molecule has 0 atom stereocenters. The van der Waals surface area contributed by atoms with Crippen molar-refractivity contribution < 1.29 is 8.42 Å². The number of rotatable bonds is 3. The Morgan fingerprint density at radius 2 is 1.70 bits per heavy atom. The second-order valence-electron chi connectivity index (χ2n) is 8.86. The van der Waals surface area contributed by atoms with Crippen molar-refractivity contribution in [3.63, 3.8) is 0 Å². The third-order valence-corrected chi connectivity index (χ3v) is 7.52. The topological polar surface area (TPSA) is 83.7 Å². The SMILES string of the molecule is Cc1ccc(C)c(S(=O)(=O)N2CCN(c3nc4nccc(C(C)(C)C)n4n3)CC2)c1. The van der Waals surface area contributed by atoms with Crippen LogP contribution in [0.4, 0.5) is 5.95 Å². The Labute approximate surface area is 177 Å². The number of hydrogen-bond donors (Lipinski definition) is 0. The molecule has 0 radical (unpaired) electrons. The number of sulfonamides is 1. The summed E-state index contributed by atoms with van der Waals surface area (Å²) in [7, 11) is -3.52. The van der Waals surface area contributed by atoms with E-state index in [1.54, 1.807) is 21.1 Å².